The molecule has 0 bridgehead atoms. The topological polar surface area (TPSA) is 114 Å². The summed E-state index contributed by atoms with van der Waals surface area (Å²) in [6, 6.07) is 1.55. The van der Waals surface area contributed by atoms with Crippen LogP contribution in [0.5, 0.6) is 0 Å². The first-order valence-corrected chi connectivity index (χ1v) is 8.43. The summed E-state index contributed by atoms with van der Waals surface area (Å²) in [5, 5.41) is 21.6. The third kappa shape index (κ3) is 3.66. The summed E-state index contributed by atoms with van der Waals surface area (Å²) in [5.74, 6) is 0.123. The molecule has 3 N–H and O–H groups in total. The molecule has 132 valence electrons. The molecule has 1 saturated heterocycles. The fourth-order valence-corrected chi connectivity index (χ4v) is 3.34. The molecule has 1 amide bonds. The molecule has 2 aliphatic rings. The van der Waals surface area contributed by atoms with Crippen LogP contribution in [0.2, 0.25) is 0 Å². The number of aliphatic hydroxyl groups is 2. The van der Waals surface area contributed by atoms with Gasteiger partial charge >= 0.3 is 5.69 Å². The van der Waals surface area contributed by atoms with Crippen molar-refractivity contribution in [2.45, 2.75) is 57.0 Å². The van der Waals surface area contributed by atoms with E-state index < -0.39 is 24.1 Å². The van der Waals surface area contributed by atoms with Gasteiger partial charge in [0, 0.05) is 18.5 Å². The standard InChI is InChI=1S/C16H23N3O5/c20-9-12-11(21)8-14(24-12)19-7-6-13(18-16(19)23)17-15(22)10-4-2-1-3-5-10/h6-7,10-12,14,20-21H,1-5,8-9H2,(H,17,18,22,23)/t11-,12+,14+/m0/s1. The molecule has 2 fully saturated rings. The molecule has 1 aliphatic carbocycles. The summed E-state index contributed by atoms with van der Waals surface area (Å²) < 4.78 is 6.70. The van der Waals surface area contributed by atoms with Crippen molar-refractivity contribution in [3.8, 4) is 0 Å². The molecule has 24 heavy (non-hydrogen) atoms. The van der Waals surface area contributed by atoms with Gasteiger partial charge in [0.15, 0.2) is 0 Å². The first kappa shape index (κ1) is 17.1. The van der Waals surface area contributed by atoms with Gasteiger partial charge in [0.25, 0.3) is 0 Å². The number of nitrogens with zero attached hydrogens (tertiary/aromatic N) is 2. The Morgan fingerprint density at radius 3 is 2.75 bits per heavy atom. The summed E-state index contributed by atoms with van der Waals surface area (Å²) in [4.78, 5) is 28.2. The van der Waals surface area contributed by atoms with Crippen molar-refractivity contribution in [3.63, 3.8) is 0 Å². The lowest BCUT2D eigenvalue weighted by atomic mass is 9.89. The van der Waals surface area contributed by atoms with Crippen molar-refractivity contribution in [1.29, 1.82) is 0 Å². The van der Waals surface area contributed by atoms with E-state index in [4.69, 9.17) is 9.84 Å². The van der Waals surface area contributed by atoms with E-state index in [9.17, 15) is 14.7 Å². The second-order valence-corrected chi connectivity index (χ2v) is 6.44. The smallest absolute Gasteiger partial charge is 0.351 e. The molecular weight excluding hydrogens is 314 g/mol. The normalized spacial score (nSPS) is 28.0. The fraction of sp³-hybridized carbons (Fsp3) is 0.688. The van der Waals surface area contributed by atoms with Crippen LogP contribution in [0.25, 0.3) is 0 Å². The van der Waals surface area contributed by atoms with Crippen LogP contribution in [0.4, 0.5) is 5.82 Å². The number of nitrogens with one attached hydrogen (secondary N) is 1. The SMILES string of the molecule is O=C(Nc1ccn([C@H]2C[C@H](O)[C@@H](CO)O2)c(=O)n1)C1CCCCC1. The number of rotatable bonds is 4. The highest BCUT2D eigenvalue weighted by atomic mass is 16.5. The van der Waals surface area contributed by atoms with Crippen molar-refractivity contribution in [2.75, 3.05) is 11.9 Å². The van der Waals surface area contributed by atoms with Crippen molar-refractivity contribution in [1.82, 2.24) is 9.55 Å². The lowest BCUT2D eigenvalue weighted by Crippen LogP contribution is -2.30. The third-order valence-electron chi connectivity index (χ3n) is 4.75. The van der Waals surface area contributed by atoms with Gasteiger partial charge in [0.2, 0.25) is 5.91 Å². The van der Waals surface area contributed by atoms with Crippen LogP contribution < -0.4 is 11.0 Å². The first-order chi connectivity index (χ1) is 11.6. The molecule has 0 spiro atoms. The second kappa shape index (κ2) is 7.42. The Balaban J connectivity index is 1.66. The van der Waals surface area contributed by atoms with Gasteiger partial charge in [-0.25, -0.2) is 4.79 Å². The maximum Gasteiger partial charge on any atom is 0.351 e. The molecule has 3 rings (SSSR count). The van der Waals surface area contributed by atoms with Crippen LogP contribution >= 0.6 is 0 Å². The van der Waals surface area contributed by atoms with Gasteiger partial charge in [-0.3, -0.25) is 9.36 Å². The van der Waals surface area contributed by atoms with E-state index in [-0.39, 0.29) is 30.7 Å². The zero-order valence-corrected chi connectivity index (χ0v) is 13.4. The molecule has 3 atom stereocenters. The molecule has 1 aromatic heterocycles. The number of hydrogen-bond donors (Lipinski definition) is 3. The zero-order valence-electron chi connectivity index (χ0n) is 13.4. The minimum absolute atomic E-state index is 0.0124. The van der Waals surface area contributed by atoms with Crippen molar-refractivity contribution in [3.05, 3.63) is 22.7 Å². The Morgan fingerprint density at radius 2 is 2.12 bits per heavy atom. The van der Waals surface area contributed by atoms with E-state index in [1.54, 1.807) is 6.07 Å². The molecule has 1 aliphatic heterocycles. The van der Waals surface area contributed by atoms with Crippen LogP contribution in [0.3, 0.4) is 0 Å². The quantitative estimate of drug-likeness (QED) is 0.733. The van der Waals surface area contributed by atoms with E-state index in [2.05, 4.69) is 10.3 Å². The van der Waals surface area contributed by atoms with Gasteiger partial charge in [-0.1, -0.05) is 19.3 Å². The number of carbonyl (C=O) groups excluding carboxylic acids is 1. The molecule has 1 aromatic rings. The van der Waals surface area contributed by atoms with E-state index in [1.165, 1.54) is 17.2 Å². The Labute approximate surface area is 139 Å². The molecule has 0 aromatic carbocycles. The van der Waals surface area contributed by atoms with Gasteiger partial charge < -0.3 is 20.3 Å². The van der Waals surface area contributed by atoms with Gasteiger partial charge in [-0.05, 0) is 18.9 Å². The molecule has 8 heteroatoms. The largest absolute Gasteiger partial charge is 0.394 e. The van der Waals surface area contributed by atoms with Gasteiger partial charge in [0.1, 0.15) is 18.1 Å². The van der Waals surface area contributed by atoms with E-state index in [1.807, 2.05) is 0 Å². The number of aromatic nitrogens is 2. The minimum Gasteiger partial charge on any atom is -0.394 e. The number of anilines is 1. The Hall–Kier alpha value is -1.77. The molecule has 1 saturated carbocycles. The number of ether oxygens (including phenoxy) is 1. The summed E-state index contributed by atoms with van der Waals surface area (Å²) in [6.45, 7) is -0.310. The van der Waals surface area contributed by atoms with Crippen LogP contribution in [-0.4, -0.2) is 44.5 Å². The summed E-state index contributed by atoms with van der Waals surface area (Å²) in [6.07, 6.45) is 4.54. The number of hydrogen-bond acceptors (Lipinski definition) is 6. The average Bonchev–Trinajstić information content (AvgIpc) is 2.96. The van der Waals surface area contributed by atoms with Crippen molar-refractivity contribution in [2.24, 2.45) is 5.92 Å². The Morgan fingerprint density at radius 1 is 1.38 bits per heavy atom. The lowest BCUT2D eigenvalue weighted by molar-refractivity contribution is -0.120. The number of carbonyl (C=O) groups is 1. The van der Waals surface area contributed by atoms with E-state index in [0.29, 0.717) is 0 Å². The highest BCUT2D eigenvalue weighted by Gasteiger charge is 2.35. The highest BCUT2D eigenvalue weighted by Crippen LogP contribution is 2.27. The summed E-state index contributed by atoms with van der Waals surface area (Å²) in [5.41, 5.74) is -0.563. The van der Waals surface area contributed by atoms with Gasteiger partial charge in [-0.2, -0.15) is 4.98 Å². The van der Waals surface area contributed by atoms with Gasteiger partial charge in [-0.15, -0.1) is 0 Å². The molecule has 2 heterocycles. The zero-order chi connectivity index (χ0) is 17.1. The van der Waals surface area contributed by atoms with E-state index >= 15 is 0 Å². The maximum absolute atomic E-state index is 12.2. The van der Waals surface area contributed by atoms with Crippen LogP contribution in [0.15, 0.2) is 17.1 Å². The molecule has 0 radical (unpaired) electrons. The molecule has 8 nitrogen and oxygen atoms in total. The average molecular weight is 337 g/mol. The minimum atomic E-state index is -0.822. The monoisotopic (exact) mass is 337 g/mol. The van der Waals surface area contributed by atoms with Crippen LogP contribution in [0, 0.1) is 5.92 Å². The Kier molecular flexibility index (Phi) is 5.27. The summed E-state index contributed by atoms with van der Waals surface area (Å²) in [7, 11) is 0. The van der Waals surface area contributed by atoms with Gasteiger partial charge in [0.05, 0.1) is 12.7 Å². The highest BCUT2D eigenvalue weighted by molar-refractivity contribution is 5.91. The maximum atomic E-state index is 12.2. The predicted octanol–water partition coefficient (Wildman–Crippen LogP) is 0.403. The number of amides is 1. The fourth-order valence-electron chi connectivity index (χ4n) is 3.34. The van der Waals surface area contributed by atoms with Crippen LogP contribution in [-0.2, 0) is 9.53 Å². The first-order valence-electron chi connectivity index (χ1n) is 8.43. The predicted molar refractivity (Wildman–Crippen MR) is 85.3 cm³/mol. The van der Waals surface area contributed by atoms with Crippen molar-refractivity contribution < 1.29 is 19.7 Å². The Bertz CT molecular complexity index is 641. The lowest BCUT2D eigenvalue weighted by Gasteiger charge is -2.20. The summed E-state index contributed by atoms with van der Waals surface area (Å²) >= 11 is 0. The molecular formula is C16H23N3O5. The second-order valence-electron chi connectivity index (χ2n) is 6.44. The third-order valence-corrected chi connectivity index (χ3v) is 4.75. The molecule has 0 unspecified atom stereocenters. The van der Waals surface area contributed by atoms with E-state index in [0.717, 1.165) is 25.7 Å². The van der Waals surface area contributed by atoms with Crippen molar-refractivity contribution >= 4 is 11.7 Å². The van der Waals surface area contributed by atoms with Crippen LogP contribution in [0.1, 0.15) is 44.8 Å². The number of aliphatic hydroxyl groups excluding tert-OH is 2.